The van der Waals surface area contributed by atoms with E-state index >= 15 is 0 Å². The smallest absolute Gasteiger partial charge is 0.242 e. The van der Waals surface area contributed by atoms with E-state index in [2.05, 4.69) is 29.2 Å². The standard InChI is InChI=1S/C21H23N3O3/c25-17(23-10-8-22(9-11-23)16-4-2-1-3-5-16)13-24-20(26)18-14-6-7-15(12-14)19(18)21(24)27/h1-7,14-15,18-19H,8-13H2/t14-,15+,18-,19+. The normalized spacial score (nSPS) is 31.8. The predicted octanol–water partition coefficient (Wildman–Crippen LogP) is 1.14. The van der Waals surface area contributed by atoms with Gasteiger partial charge in [0.25, 0.3) is 0 Å². The van der Waals surface area contributed by atoms with E-state index in [9.17, 15) is 14.4 Å². The Labute approximate surface area is 158 Å². The molecule has 4 aliphatic rings. The Hall–Kier alpha value is -2.63. The maximum atomic E-state index is 12.7. The molecule has 5 rings (SSSR count). The zero-order valence-electron chi connectivity index (χ0n) is 15.2. The minimum absolute atomic E-state index is 0.102. The van der Waals surface area contributed by atoms with Crippen LogP contribution in [0, 0.1) is 23.7 Å². The largest absolute Gasteiger partial charge is 0.368 e. The lowest BCUT2D eigenvalue weighted by atomic mass is 9.85. The highest BCUT2D eigenvalue weighted by atomic mass is 16.2. The number of carbonyl (C=O) groups is 3. The second-order valence-electron chi connectivity index (χ2n) is 7.97. The number of hydrogen-bond acceptors (Lipinski definition) is 4. The molecular weight excluding hydrogens is 342 g/mol. The van der Waals surface area contributed by atoms with Crippen molar-refractivity contribution in [2.24, 2.45) is 23.7 Å². The first-order valence-electron chi connectivity index (χ1n) is 9.75. The van der Waals surface area contributed by atoms with E-state index in [0.29, 0.717) is 13.1 Å². The third-order valence-electron chi connectivity index (χ3n) is 6.61. The van der Waals surface area contributed by atoms with Crippen LogP contribution in [-0.4, -0.2) is 60.2 Å². The van der Waals surface area contributed by atoms with Crippen LogP contribution in [-0.2, 0) is 14.4 Å². The van der Waals surface area contributed by atoms with E-state index < -0.39 is 0 Å². The molecule has 27 heavy (non-hydrogen) atoms. The number of carbonyl (C=O) groups excluding carboxylic acids is 3. The van der Waals surface area contributed by atoms with Crippen LogP contribution < -0.4 is 4.90 Å². The van der Waals surface area contributed by atoms with Crippen molar-refractivity contribution >= 4 is 23.4 Å². The molecule has 0 N–H and O–H groups in total. The maximum Gasteiger partial charge on any atom is 0.242 e. The number of imide groups is 1. The van der Waals surface area contributed by atoms with Crippen LogP contribution in [0.3, 0.4) is 0 Å². The monoisotopic (exact) mass is 365 g/mol. The fourth-order valence-electron chi connectivity index (χ4n) is 5.21. The number of piperazine rings is 1. The lowest BCUT2D eigenvalue weighted by molar-refractivity contribution is -0.147. The summed E-state index contributed by atoms with van der Waals surface area (Å²) < 4.78 is 0. The molecule has 1 saturated carbocycles. The van der Waals surface area contributed by atoms with Crippen LogP contribution in [0.4, 0.5) is 5.69 Å². The van der Waals surface area contributed by atoms with Gasteiger partial charge < -0.3 is 9.80 Å². The molecule has 1 aromatic carbocycles. The first-order valence-corrected chi connectivity index (χ1v) is 9.75. The maximum absolute atomic E-state index is 12.7. The zero-order valence-corrected chi connectivity index (χ0v) is 15.2. The van der Waals surface area contributed by atoms with Gasteiger partial charge >= 0.3 is 0 Å². The molecule has 2 aliphatic carbocycles. The Morgan fingerprint density at radius 2 is 1.48 bits per heavy atom. The van der Waals surface area contributed by atoms with E-state index in [4.69, 9.17) is 0 Å². The third-order valence-corrected chi connectivity index (χ3v) is 6.61. The van der Waals surface area contributed by atoms with Gasteiger partial charge in [0.1, 0.15) is 6.54 Å². The molecule has 0 radical (unpaired) electrons. The molecule has 2 heterocycles. The Bertz CT molecular complexity index is 783. The van der Waals surface area contributed by atoms with Crippen molar-refractivity contribution in [2.75, 3.05) is 37.6 Å². The van der Waals surface area contributed by atoms with Gasteiger partial charge in [-0.15, -0.1) is 0 Å². The van der Waals surface area contributed by atoms with Crippen molar-refractivity contribution in [2.45, 2.75) is 6.42 Å². The minimum atomic E-state index is -0.227. The van der Waals surface area contributed by atoms with E-state index in [1.54, 1.807) is 4.90 Å². The van der Waals surface area contributed by atoms with Gasteiger partial charge in [-0.3, -0.25) is 19.3 Å². The first kappa shape index (κ1) is 16.5. The fraction of sp³-hybridized carbons (Fsp3) is 0.476. The summed E-state index contributed by atoms with van der Waals surface area (Å²) in [5, 5.41) is 0. The van der Waals surface area contributed by atoms with Gasteiger partial charge in [-0.2, -0.15) is 0 Å². The number of nitrogens with zero attached hydrogens (tertiary/aromatic N) is 3. The Morgan fingerprint density at radius 1 is 0.889 bits per heavy atom. The van der Waals surface area contributed by atoms with E-state index in [1.165, 1.54) is 4.90 Å². The molecule has 0 aromatic heterocycles. The zero-order chi connectivity index (χ0) is 18.5. The number of likely N-dealkylation sites (tertiary alicyclic amines) is 1. The molecule has 1 aromatic rings. The van der Waals surface area contributed by atoms with Gasteiger partial charge in [-0.05, 0) is 30.4 Å². The van der Waals surface area contributed by atoms with Crippen LogP contribution in [0.2, 0.25) is 0 Å². The van der Waals surface area contributed by atoms with Crippen molar-refractivity contribution < 1.29 is 14.4 Å². The van der Waals surface area contributed by atoms with E-state index in [1.807, 2.05) is 18.2 Å². The summed E-state index contributed by atoms with van der Waals surface area (Å²) in [7, 11) is 0. The van der Waals surface area contributed by atoms with Crippen LogP contribution in [0.1, 0.15) is 6.42 Å². The number of benzene rings is 1. The van der Waals surface area contributed by atoms with Gasteiger partial charge in [0.2, 0.25) is 17.7 Å². The van der Waals surface area contributed by atoms with Crippen molar-refractivity contribution in [3.05, 3.63) is 42.5 Å². The van der Waals surface area contributed by atoms with Crippen LogP contribution in [0.25, 0.3) is 0 Å². The number of rotatable bonds is 3. The van der Waals surface area contributed by atoms with E-state index in [0.717, 1.165) is 25.2 Å². The Kier molecular flexibility index (Phi) is 3.81. The lowest BCUT2D eigenvalue weighted by Crippen LogP contribution is -2.52. The summed E-state index contributed by atoms with van der Waals surface area (Å²) in [5.74, 6) is -0.483. The molecule has 6 heteroatoms. The molecule has 3 fully saturated rings. The van der Waals surface area contributed by atoms with Crippen molar-refractivity contribution in [1.82, 2.24) is 9.80 Å². The molecule has 0 unspecified atom stereocenters. The molecule has 3 amide bonds. The molecule has 140 valence electrons. The van der Waals surface area contributed by atoms with Crippen molar-refractivity contribution in [3.63, 3.8) is 0 Å². The Morgan fingerprint density at radius 3 is 2.07 bits per heavy atom. The highest BCUT2D eigenvalue weighted by molar-refractivity contribution is 6.08. The van der Waals surface area contributed by atoms with Crippen LogP contribution in [0.5, 0.6) is 0 Å². The van der Waals surface area contributed by atoms with Crippen molar-refractivity contribution in [1.29, 1.82) is 0 Å². The number of anilines is 1. The molecule has 4 atom stereocenters. The van der Waals surface area contributed by atoms with Crippen LogP contribution >= 0.6 is 0 Å². The number of allylic oxidation sites excluding steroid dienone is 2. The number of fused-ring (bicyclic) bond motifs is 5. The van der Waals surface area contributed by atoms with E-state index in [-0.39, 0.29) is 47.9 Å². The van der Waals surface area contributed by atoms with Crippen molar-refractivity contribution in [3.8, 4) is 0 Å². The summed E-state index contributed by atoms with van der Waals surface area (Å²) >= 11 is 0. The summed E-state index contributed by atoms with van der Waals surface area (Å²) in [5.41, 5.74) is 1.16. The molecular formula is C21H23N3O3. The molecule has 2 saturated heterocycles. The second kappa shape index (κ2) is 6.22. The second-order valence-corrected chi connectivity index (χ2v) is 7.97. The highest BCUT2D eigenvalue weighted by Gasteiger charge is 2.59. The summed E-state index contributed by atoms with van der Waals surface area (Å²) in [6, 6.07) is 10.2. The summed E-state index contributed by atoms with van der Waals surface area (Å²) in [6.45, 7) is 2.65. The van der Waals surface area contributed by atoms with Gasteiger partial charge in [0.15, 0.2) is 0 Å². The summed E-state index contributed by atoms with van der Waals surface area (Å²) in [4.78, 5) is 43.5. The topological polar surface area (TPSA) is 60.9 Å². The first-order chi connectivity index (χ1) is 13.1. The Balaban J connectivity index is 1.21. The molecule has 6 nitrogen and oxygen atoms in total. The molecule has 2 aliphatic heterocycles. The molecule has 0 spiro atoms. The van der Waals surface area contributed by atoms with Gasteiger partial charge in [-0.1, -0.05) is 30.4 Å². The van der Waals surface area contributed by atoms with Gasteiger partial charge in [-0.25, -0.2) is 0 Å². The average molecular weight is 365 g/mol. The number of para-hydroxylation sites is 1. The minimum Gasteiger partial charge on any atom is -0.368 e. The highest BCUT2D eigenvalue weighted by Crippen LogP contribution is 2.52. The van der Waals surface area contributed by atoms with Gasteiger partial charge in [0, 0.05) is 31.9 Å². The number of amides is 3. The molecule has 2 bridgehead atoms. The predicted molar refractivity (Wildman–Crippen MR) is 99.7 cm³/mol. The average Bonchev–Trinajstić information content (AvgIpc) is 3.39. The van der Waals surface area contributed by atoms with Crippen LogP contribution in [0.15, 0.2) is 42.5 Å². The van der Waals surface area contributed by atoms with Gasteiger partial charge in [0.05, 0.1) is 11.8 Å². The fourth-order valence-corrected chi connectivity index (χ4v) is 5.21. The number of hydrogen-bond donors (Lipinski definition) is 0. The summed E-state index contributed by atoms with van der Waals surface area (Å²) in [6.07, 6.45) is 5.06. The SMILES string of the molecule is O=C(CN1C(=O)[C@@H]2[C@H](C1=O)[C@@H]1C=C[C@H]2C1)N1CCN(c2ccccc2)CC1. The third kappa shape index (κ3) is 2.58. The quantitative estimate of drug-likeness (QED) is 0.595. The lowest BCUT2D eigenvalue weighted by Gasteiger charge is -2.36.